The van der Waals surface area contributed by atoms with Gasteiger partial charge in [0.1, 0.15) is 0 Å². The quantitative estimate of drug-likeness (QED) is 0.625. The number of alkyl halides is 3. The summed E-state index contributed by atoms with van der Waals surface area (Å²) in [6.07, 6.45) is -4.73. The van der Waals surface area contributed by atoms with Crippen molar-refractivity contribution in [1.29, 1.82) is 0 Å². The molecule has 0 saturated heterocycles. The normalized spacial score (nSPS) is 15.4. The summed E-state index contributed by atoms with van der Waals surface area (Å²) in [5, 5.41) is 2.94. The SMILES string of the molecule is CCNC(C)(CCOCCCC(F)(F)F)C(N)=O. The van der Waals surface area contributed by atoms with Crippen LogP contribution in [0.25, 0.3) is 0 Å². The number of nitrogens with two attached hydrogens (primary N) is 1. The predicted octanol–water partition coefficient (Wildman–Crippen LogP) is 1.59. The first-order valence-electron chi connectivity index (χ1n) is 5.90. The van der Waals surface area contributed by atoms with E-state index in [0.29, 0.717) is 13.0 Å². The van der Waals surface area contributed by atoms with Crippen molar-refractivity contribution in [3.63, 3.8) is 0 Å². The van der Waals surface area contributed by atoms with Crippen molar-refractivity contribution < 1.29 is 22.7 Å². The van der Waals surface area contributed by atoms with E-state index in [-0.39, 0.29) is 19.6 Å². The maximum Gasteiger partial charge on any atom is 0.389 e. The molecule has 0 aromatic carbocycles. The molecule has 0 radical (unpaired) electrons. The standard InChI is InChI=1S/C11H21F3N2O2/c1-3-16-10(2,9(15)17)6-8-18-7-4-5-11(12,13)14/h16H,3-8H2,1-2H3,(H2,15,17). The van der Waals surface area contributed by atoms with E-state index in [1.165, 1.54) is 0 Å². The number of rotatable bonds is 9. The summed E-state index contributed by atoms with van der Waals surface area (Å²) < 4.78 is 40.6. The number of nitrogens with one attached hydrogen (secondary N) is 1. The molecule has 0 spiro atoms. The molecule has 0 fully saturated rings. The van der Waals surface area contributed by atoms with E-state index in [9.17, 15) is 18.0 Å². The van der Waals surface area contributed by atoms with Crippen LogP contribution in [0.5, 0.6) is 0 Å². The zero-order valence-electron chi connectivity index (χ0n) is 10.8. The maximum atomic E-state index is 11.8. The second kappa shape index (κ2) is 7.58. The molecule has 0 aliphatic carbocycles. The zero-order chi connectivity index (χ0) is 14.2. The Morgan fingerprint density at radius 1 is 1.28 bits per heavy atom. The molecule has 0 aromatic rings. The fourth-order valence-electron chi connectivity index (χ4n) is 1.44. The smallest absolute Gasteiger partial charge is 0.381 e. The molecule has 1 unspecified atom stereocenters. The van der Waals surface area contributed by atoms with Crippen molar-refractivity contribution >= 4 is 5.91 Å². The van der Waals surface area contributed by atoms with Gasteiger partial charge in [0.05, 0.1) is 5.54 Å². The fourth-order valence-corrected chi connectivity index (χ4v) is 1.44. The fraction of sp³-hybridized carbons (Fsp3) is 0.909. The average molecular weight is 270 g/mol. The first-order valence-corrected chi connectivity index (χ1v) is 5.90. The Bertz CT molecular complexity index is 259. The van der Waals surface area contributed by atoms with Gasteiger partial charge in [0.2, 0.25) is 5.91 Å². The first kappa shape index (κ1) is 17.2. The summed E-state index contributed by atoms with van der Waals surface area (Å²) in [6.45, 7) is 4.29. The highest BCUT2D eigenvalue weighted by Gasteiger charge is 2.29. The number of likely N-dealkylation sites (N-methyl/N-ethyl adjacent to an activating group) is 1. The molecule has 7 heteroatoms. The van der Waals surface area contributed by atoms with Crippen molar-refractivity contribution in [3.05, 3.63) is 0 Å². The van der Waals surface area contributed by atoms with Crippen LogP contribution in [0.1, 0.15) is 33.1 Å². The van der Waals surface area contributed by atoms with Gasteiger partial charge < -0.3 is 15.8 Å². The first-order chi connectivity index (χ1) is 8.21. The van der Waals surface area contributed by atoms with Gasteiger partial charge in [-0.3, -0.25) is 4.79 Å². The Labute approximate surface area is 105 Å². The van der Waals surface area contributed by atoms with E-state index in [4.69, 9.17) is 10.5 Å². The molecule has 108 valence electrons. The van der Waals surface area contributed by atoms with E-state index >= 15 is 0 Å². The molecule has 1 atom stereocenters. The third-order valence-corrected chi connectivity index (χ3v) is 2.61. The second-order valence-corrected chi connectivity index (χ2v) is 4.31. The van der Waals surface area contributed by atoms with Crippen LogP contribution in [-0.2, 0) is 9.53 Å². The largest absolute Gasteiger partial charge is 0.389 e. The lowest BCUT2D eigenvalue weighted by Gasteiger charge is -2.26. The minimum absolute atomic E-state index is 0.0283. The summed E-state index contributed by atoms with van der Waals surface area (Å²) >= 11 is 0. The zero-order valence-corrected chi connectivity index (χ0v) is 10.8. The summed E-state index contributed by atoms with van der Waals surface area (Å²) in [4.78, 5) is 11.2. The molecule has 0 bridgehead atoms. The number of hydrogen-bond donors (Lipinski definition) is 2. The van der Waals surface area contributed by atoms with Crippen LogP contribution in [-0.4, -0.2) is 37.4 Å². The lowest BCUT2D eigenvalue weighted by atomic mass is 9.97. The number of ether oxygens (including phenoxy) is 1. The van der Waals surface area contributed by atoms with Crippen LogP contribution in [0, 0.1) is 0 Å². The van der Waals surface area contributed by atoms with Crippen LogP contribution in [0.15, 0.2) is 0 Å². The van der Waals surface area contributed by atoms with Crippen molar-refractivity contribution in [3.8, 4) is 0 Å². The van der Waals surface area contributed by atoms with Gasteiger partial charge >= 0.3 is 6.18 Å². The third kappa shape index (κ3) is 7.50. The Morgan fingerprint density at radius 3 is 2.33 bits per heavy atom. The molecule has 0 heterocycles. The van der Waals surface area contributed by atoms with Crippen molar-refractivity contribution in [2.24, 2.45) is 5.73 Å². The molecule has 3 N–H and O–H groups in total. The minimum atomic E-state index is -4.14. The highest BCUT2D eigenvalue weighted by atomic mass is 19.4. The minimum Gasteiger partial charge on any atom is -0.381 e. The van der Waals surface area contributed by atoms with E-state index in [2.05, 4.69) is 5.32 Å². The molecular weight excluding hydrogens is 249 g/mol. The Morgan fingerprint density at radius 2 is 1.89 bits per heavy atom. The number of carbonyl (C=O) groups excluding carboxylic acids is 1. The van der Waals surface area contributed by atoms with Crippen LogP contribution in [0.2, 0.25) is 0 Å². The van der Waals surface area contributed by atoms with Crippen LogP contribution < -0.4 is 11.1 Å². The van der Waals surface area contributed by atoms with E-state index in [1.807, 2.05) is 6.92 Å². The summed E-state index contributed by atoms with van der Waals surface area (Å²) in [5.74, 6) is -0.497. The van der Waals surface area contributed by atoms with Gasteiger partial charge in [-0.15, -0.1) is 0 Å². The van der Waals surface area contributed by atoms with Gasteiger partial charge in [0.25, 0.3) is 0 Å². The lowest BCUT2D eigenvalue weighted by Crippen LogP contribution is -2.53. The van der Waals surface area contributed by atoms with Crippen LogP contribution in [0.3, 0.4) is 0 Å². The molecule has 1 amide bonds. The second-order valence-electron chi connectivity index (χ2n) is 4.31. The number of amides is 1. The summed E-state index contributed by atoms with van der Waals surface area (Å²) in [6, 6.07) is 0. The molecule has 18 heavy (non-hydrogen) atoms. The monoisotopic (exact) mass is 270 g/mol. The molecular formula is C11H21F3N2O2. The number of halogens is 3. The van der Waals surface area contributed by atoms with Gasteiger partial charge in [-0.25, -0.2) is 0 Å². The Balaban J connectivity index is 3.78. The maximum absolute atomic E-state index is 11.8. The highest BCUT2D eigenvalue weighted by Crippen LogP contribution is 2.21. The number of carbonyl (C=O) groups is 1. The van der Waals surface area contributed by atoms with E-state index in [1.54, 1.807) is 6.92 Å². The van der Waals surface area contributed by atoms with Crippen LogP contribution in [0.4, 0.5) is 13.2 Å². The predicted molar refractivity (Wildman–Crippen MR) is 62.0 cm³/mol. The van der Waals surface area contributed by atoms with Crippen molar-refractivity contribution in [2.75, 3.05) is 19.8 Å². The molecule has 0 aliphatic heterocycles. The topological polar surface area (TPSA) is 64.3 Å². The Kier molecular flexibility index (Phi) is 7.23. The molecule has 4 nitrogen and oxygen atoms in total. The molecule has 0 aromatic heterocycles. The van der Waals surface area contributed by atoms with Gasteiger partial charge in [-0.05, 0) is 26.3 Å². The van der Waals surface area contributed by atoms with Gasteiger partial charge in [0, 0.05) is 19.6 Å². The van der Waals surface area contributed by atoms with Gasteiger partial charge in [0.15, 0.2) is 0 Å². The summed E-state index contributed by atoms with van der Waals surface area (Å²) in [5.41, 5.74) is 4.37. The van der Waals surface area contributed by atoms with Crippen molar-refractivity contribution in [2.45, 2.75) is 44.8 Å². The number of hydrogen-bond acceptors (Lipinski definition) is 3. The molecule has 0 rings (SSSR count). The molecule has 0 saturated carbocycles. The summed E-state index contributed by atoms with van der Waals surface area (Å²) in [7, 11) is 0. The van der Waals surface area contributed by atoms with E-state index < -0.39 is 24.0 Å². The average Bonchev–Trinajstić information content (AvgIpc) is 2.22. The Hall–Kier alpha value is -0.820. The van der Waals surface area contributed by atoms with E-state index in [0.717, 1.165) is 0 Å². The third-order valence-electron chi connectivity index (χ3n) is 2.61. The van der Waals surface area contributed by atoms with Gasteiger partial charge in [-0.2, -0.15) is 13.2 Å². The number of primary amides is 1. The lowest BCUT2D eigenvalue weighted by molar-refractivity contribution is -0.138. The molecule has 0 aliphatic rings. The van der Waals surface area contributed by atoms with Gasteiger partial charge in [-0.1, -0.05) is 6.92 Å². The van der Waals surface area contributed by atoms with Crippen molar-refractivity contribution in [1.82, 2.24) is 5.32 Å². The highest BCUT2D eigenvalue weighted by molar-refractivity contribution is 5.84. The van der Waals surface area contributed by atoms with Crippen LogP contribution >= 0.6 is 0 Å².